The van der Waals surface area contributed by atoms with Crippen molar-refractivity contribution in [1.29, 1.82) is 0 Å². The monoisotopic (exact) mass is 526 g/mol. The third kappa shape index (κ3) is 7.68. The van der Waals surface area contributed by atoms with Crippen molar-refractivity contribution in [2.45, 2.75) is 19.4 Å². The SMILES string of the molecule is CN=C(NCCc1cc(C)ccc1OC)NCC(c1ccc(OC)cc1)N(C)C.I. The van der Waals surface area contributed by atoms with Crippen molar-refractivity contribution in [3.63, 3.8) is 0 Å². The highest BCUT2D eigenvalue weighted by atomic mass is 127. The lowest BCUT2D eigenvalue weighted by Crippen LogP contribution is -2.42. The Morgan fingerprint density at radius 3 is 2.30 bits per heavy atom. The third-order valence-corrected chi connectivity index (χ3v) is 4.93. The highest BCUT2D eigenvalue weighted by molar-refractivity contribution is 14.0. The van der Waals surface area contributed by atoms with Gasteiger partial charge >= 0.3 is 0 Å². The number of nitrogens with zero attached hydrogens (tertiary/aromatic N) is 2. The summed E-state index contributed by atoms with van der Waals surface area (Å²) < 4.78 is 10.7. The summed E-state index contributed by atoms with van der Waals surface area (Å²) in [6, 6.07) is 14.7. The number of guanidine groups is 1. The number of hydrogen-bond donors (Lipinski definition) is 2. The van der Waals surface area contributed by atoms with Crippen molar-refractivity contribution in [2.75, 3.05) is 48.5 Å². The van der Waals surface area contributed by atoms with Crippen molar-refractivity contribution in [3.05, 3.63) is 59.2 Å². The molecular formula is C23H35IN4O2. The second-order valence-electron chi connectivity index (χ2n) is 7.20. The zero-order valence-corrected chi connectivity index (χ0v) is 21.2. The Bertz CT molecular complexity index is 794. The number of aliphatic imine (C=N–C) groups is 1. The van der Waals surface area contributed by atoms with Crippen LogP contribution in [0.25, 0.3) is 0 Å². The lowest BCUT2D eigenvalue weighted by atomic mass is 10.1. The number of likely N-dealkylation sites (N-methyl/N-ethyl adjacent to an activating group) is 1. The van der Waals surface area contributed by atoms with Crippen molar-refractivity contribution >= 4 is 29.9 Å². The van der Waals surface area contributed by atoms with E-state index in [0.717, 1.165) is 37.0 Å². The number of halogens is 1. The lowest BCUT2D eigenvalue weighted by molar-refractivity contribution is 0.298. The van der Waals surface area contributed by atoms with Gasteiger partial charge in [-0.3, -0.25) is 4.99 Å². The molecule has 0 spiro atoms. The molecule has 0 fully saturated rings. The van der Waals surface area contributed by atoms with Gasteiger partial charge in [-0.05, 0) is 56.8 Å². The van der Waals surface area contributed by atoms with Crippen molar-refractivity contribution in [3.8, 4) is 11.5 Å². The summed E-state index contributed by atoms with van der Waals surface area (Å²) in [5, 5.41) is 6.84. The van der Waals surface area contributed by atoms with E-state index in [4.69, 9.17) is 9.47 Å². The van der Waals surface area contributed by atoms with Crippen LogP contribution in [-0.2, 0) is 6.42 Å². The summed E-state index contributed by atoms with van der Waals surface area (Å²) in [4.78, 5) is 6.55. The van der Waals surface area contributed by atoms with Crippen molar-refractivity contribution in [2.24, 2.45) is 4.99 Å². The number of rotatable bonds is 9. The molecule has 2 rings (SSSR count). The van der Waals surface area contributed by atoms with Crippen molar-refractivity contribution in [1.82, 2.24) is 15.5 Å². The average Bonchev–Trinajstić information content (AvgIpc) is 2.73. The second-order valence-corrected chi connectivity index (χ2v) is 7.20. The minimum absolute atomic E-state index is 0. The zero-order chi connectivity index (χ0) is 21.2. The molecule has 2 aromatic carbocycles. The maximum absolute atomic E-state index is 5.47. The van der Waals surface area contributed by atoms with Crippen LogP contribution < -0.4 is 20.1 Å². The van der Waals surface area contributed by atoms with E-state index >= 15 is 0 Å². The summed E-state index contributed by atoms with van der Waals surface area (Å²) >= 11 is 0. The molecule has 0 aliphatic heterocycles. The summed E-state index contributed by atoms with van der Waals surface area (Å²) in [6.45, 7) is 3.61. The summed E-state index contributed by atoms with van der Waals surface area (Å²) in [7, 11) is 9.35. The fraction of sp³-hybridized carbons (Fsp3) is 0.435. The molecule has 2 aromatic rings. The first-order valence-electron chi connectivity index (χ1n) is 9.87. The van der Waals surface area contributed by atoms with E-state index < -0.39 is 0 Å². The van der Waals surface area contributed by atoms with E-state index in [2.05, 4.69) is 65.8 Å². The molecule has 1 atom stereocenters. The molecule has 0 aliphatic carbocycles. The van der Waals surface area contributed by atoms with Crippen LogP contribution in [0.15, 0.2) is 47.5 Å². The molecule has 166 valence electrons. The molecular weight excluding hydrogens is 491 g/mol. The Morgan fingerprint density at radius 2 is 1.73 bits per heavy atom. The summed E-state index contributed by atoms with van der Waals surface area (Å²) in [6.07, 6.45) is 0.862. The number of aryl methyl sites for hydroxylation is 1. The van der Waals surface area contributed by atoms with Gasteiger partial charge in [0.2, 0.25) is 0 Å². The molecule has 0 aliphatic rings. The number of ether oxygens (including phenoxy) is 2. The molecule has 6 nitrogen and oxygen atoms in total. The Balaban J connectivity index is 0.00000450. The lowest BCUT2D eigenvalue weighted by Gasteiger charge is -2.26. The highest BCUT2D eigenvalue weighted by Gasteiger charge is 2.15. The van der Waals surface area contributed by atoms with Gasteiger partial charge in [0.25, 0.3) is 0 Å². The Labute approximate surface area is 198 Å². The standard InChI is InChI=1S/C23H34N4O2.HI/c1-17-7-12-22(29-6)19(15-17)13-14-25-23(24-2)26-16-21(27(3)4)18-8-10-20(28-5)11-9-18;/h7-12,15,21H,13-14,16H2,1-6H3,(H2,24,25,26);1H. The largest absolute Gasteiger partial charge is 0.497 e. The van der Waals surface area contributed by atoms with Crippen LogP contribution in [0, 0.1) is 6.92 Å². The van der Waals surface area contributed by atoms with Crippen LogP contribution in [0.2, 0.25) is 0 Å². The molecule has 7 heteroatoms. The Morgan fingerprint density at radius 1 is 1.03 bits per heavy atom. The van der Waals surface area contributed by atoms with Gasteiger partial charge in [-0.1, -0.05) is 29.8 Å². The van der Waals surface area contributed by atoms with Gasteiger partial charge in [0, 0.05) is 20.1 Å². The van der Waals surface area contributed by atoms with Crippen LogP contribution in [0.3, 0.4) is 0 Å². The topological polar surface area (TPSA) is 58.1 Å². The zero-order valence-electron chi connectivity index (χ0n) is 18.9. The first-order valence-corrected chi connectivity index (χ1v) is 9.87. The van der Waals surface area contributed by atoms with Crippen LogP contribution in [0.1, 0.15) is 22.7 Å². The molecule has 0 heterocycles. The van der Waals surface area contributed by atoms with E-state index in [1.807, 2.05) is 18.2 Å². The van der Waals surface area contributed by atoms with Crippen LogP contribution in [-0.4, -0.2) is 59.3 Å². The number of methoxy groups -OCH3 is 2. The van der Waals surface area contributed by atoms with Gasteiger partial charge in [0.05, 0.1) is 20.3 Å². The number of nitrogens with one attached hydrogen (secondary N) is 2. The maximum Gasteiger partial charge on any atom is 0.191 e. The highest BCUT2D eigenvalue weighted by Crippen LogP contribution is 2.21. The molecule has 2 N–H and O–H groups in total. The van der Waals surface area contributed by atoms with Crippen LogP contribution >= 0.6 is 24.0 Å². The van der Waals surface area contributed by atoms with Gasteiger partial charge in [-0.2, -0.15) is 0 Å². The molecule has 1 unspecified atom stereocenters. The smallest absolute Gasteiger partial charge is 0.191 e. The molecule has 0 bridgehead atoms. The Hall–Kier alpha value is -2.00. The van der Waals surface area contributed by atoms with Crippen LogP contribution in [0.4, 0.5) is 0 Å². The second kappa shape index (κ2) is 13.3. The number of hydrogen-bond acceptors (Lipinski definition) is 4. The normalized spacial score (nSPS) is 12.2. The van der Waals surface area contributed by atoms with Gasteiger partial charge in [0.15, 0.2) is 5.96 Å². The maximum atomic E-state index is 5.47. The first-order chi connectivity index (χ1) is 14.0. The van der Waals surface area contributed by atoms with E-state index in [1.165, 1.54) is 16.7 Å². The summed E-state index contributed by atoms with van der Waals surface area (Å²) in [5.74, 6) is 2.58. The predicted octanol–water partition coefficient (Wildman–Crippen LogP) is 3.64. The molecule has 0 saturated carbocycles. The van der Waals surface area contributed by atoms with Gasteiger partial charge < -0.3 is 25.0 Å². The predicted molar refractivity (Wildman–Crippen MR) is 136 cm³/mol. The minimum Gasteiger partial charge on any atom is -0.497 e. The van der Waals surface area contributed by atoms with E-state index in [0.29, 0.717) is 0 Å². The average molecular weight is 526 g/mol. The van der Waals surface area contributed by atoms with Crippen molar-refractivity contribution < 1.29 is 9.47 Å². The number of benzene rings is 2. The van der Waals surface area contributed by atoms with Gasteiger partial charge in [-0.15, -0.1) is 24.0 Å². The van der Waals surface area contributed by atoms with E-state index in [1.54, 1.807) is 21.3 Å². The molecule has 0 radical (unpaired) electrons. The molecule has 0 amide bonds. The van der Waals surface area contributed by atoms with Crippen LogP contribution in [0.5, 0.6) is 11.5 Å². The fourth-order valence-electron chi connectivity index (χ4n) is 3.26. The van der Waals surface area contributed by atoms with Gasteiger partial charge in [-0.25, -0.2) is 0 Å². The quantitative estimate of drug-likeness (QED) is 0.297. The molecule has 0 saturated heterocycles. The Kier molecular flexibility index (Phi) is 11.6. The molecule has 0 aromatic heterocycles. The van der Waals surface area contributed by atoms with E-state index in [9.17, 15) is 0 Å². The minimum atomic E-state index is 0. The first kappa shape index (κ1) is 26.0. The van der Waals surface area contributed by atoms with E-state index in [-0.39, 0.29) is 30.0 Å². The third-order valence-electron chi connectivity index (χ3n) is 4.93. The molecule has 30 heavy (non-hydrogen) atoms. The van der Waals surface area contributed by atoms with Gasteiger partial charge in [0.1, 0.15) is 11.5 Å². The summed E-state index contributed by atoms with van der Waals surface area (Å²) in [5.41, 5.74) is 3.65. The fourth-order valence-corrected chi connectivity index (χ4v) is 3.26.